The Kier molecular flexibility index (Phi) is 4.94. The van der Waals surface area contributed by atoms with Gasteiger partial charge in [-0.05, 0) is 24.3 Å². The first kappa shape index (κ1) is 15.5. The van der Waals surface area contributed by atoms with Gasteiger partial charge in [0.1, 0.15) is 12.4 Å². The number of hydrazine groups is 1. The summed E-state index contributed by atoms with van der Waals surface area (Å²) in [5, 5.41) is 11.4. The number of nitro benzene ring substituents is 1. The number of rotatable bonds is 5. The molecule has 0 aliphatic carbocycles. The summed E-state index contributed by atoms with van der Waals surface area (Å²) >= 11 is 9.17. The minimum atomic E-state index is -0.521. The van der Waals surface area contributed by atoms with E-state index in [0.29, 0.717) is 21.0 Å². The van der Waals surface area contributed by atoms with Crippen LogP contribution in [0.15, 0.2) is 34.8 Å². The van der Waals surface area contributed by atoms with Gasteiger partial charge in [0.15, 0.2) is 5.75 Å². The van der Waals surface area contributed by atoms with Gasteiger partial charge in [0, 0.05) is 10.5 Å². The molecule has 3 N–H and O–H groups in total. The van der Waals surface area contributed by atoms with Crippen LogP contribution in [0.3, 0.4) is 0 Å². The minimum Gasteiger partial charge on any atom is -0.480 e. The molecule has 0 amide bonds. The fraction of sp³-hybridized carbons (Fsp3) is 0.0833. The predicted octanol–water partition coefficient (Wildman–Crippen LogP) is 3.27. The summed E-state index contributed by atoms with van der Waals surface area (Å²) in [6.45, 7) is -0.0170. The van der Waals surface area contributed by atoms with E-state index in [2.05, 4.69) is 26.3 Å². The lowest BCUT2D eigenvalue weighted by Gasteiger charge is -2.09. The Labute approximate surface area is 133 Å². The Morgan fingerprint density at radius 3 is 2.86 bits per heavy atom. The number of nitrogens with zero attached hydrogens (tertiary/aromatic N) is 2. The van der Waals surface area contributed by atoms with Crippen LogP contribution in [0.1, 0.15) is 5.69 Å². The molecule has 0 unspecified atom stereocenters. The molecule has 0 aliphatic heterocycles. The van der Waals surface area contributed by atoms with Gasteiger partial charge >= 0.3 is 5.69 Å². The zero-order valence-corrected chi connectivity index (χ0v) is 12.9. The number of hydrogen-bond acceptors (Lipinski definition) is 6. The number of pyridine rings is 1. The van der Waals surface area contributed by atoms with E-state index >= 15 is 0 Å². The number of nitro groups is 1. The van der Waals surface area contributed by atoms with Gasteiger partial charge in [-0.2, -0.15) is 0 Å². The zero-order valence-electron chi connectivity index (χ0n) is 10.5. The zero-order chi connectivity index (χ0) is 15.4. The summed E-state index contributed by atoms with van der Waals surface area (Å²) in [5.74, 6) is 5.82. The lowest BCUT2D eigenvalue weighted by Crippen LogP contribution is -2.10. The quantitative estimate of drug-likeness (QED) is 0.473. The van der Waals surface area contributed by atoms with E-state index in [1.54, 1.807) is 18.2 Å². The molecule has 110 valence electrons. The third-order valence-electron chi connectivity index (χ3n) is 2.55. The van der Waals surface area contributed by atoms with E-state index in [1.807, 2.05) is 0 Å². The molecule has 0 aliphatic rings. The average Bonchev–Trinajstić information content (AvgIpc) is 2.47. The number of halogens is 2. The fourth-order valence-electron chi connectivity index (χ4n) is 1.57. The van der Waals surface area contributed by atoms with Crippen molar-refractivity contribution in [3.8, 4) is 5.75 Å². The SMILES string of the molecule is NNc1ccc(Cl)c(COc2ccc(Br)cc2[N+](=O)[O-])n1. The normalized spacial score (nSPS) is 10.2. The van der Waals surface area contributed by atoms with Crippen molar-refractivity contribution < 1.29 is 9.66 Å². The van der Waals surface area contributed by atoms with E-state index < -0.39 is 4.92 Å². The van der Waals surface area contributed by atoms with Gasteiger partial charge < -0.3 is 10.2 Å². The molecule has 1 aromatic carbocycles. The highest BCUT2D eigenvalue weighted by Crippen LogP contribution is 2.31. The van der Waals surface area contributed by atoms with Gasteiger partial charge in [0.2, 0.25) is 0 Å². The molecule has 0 fully saturated rings. The van der Waals surface area contributed by atoms with E-state index in [4.69, 9.17) is 22.2 Å². The number of ether oxygens (including phenoxy) is 1. The van der Waals surface area contributed by atoms with Crippen molar-refractivity contribution in [3.63, 3.8) is 0 Å². The summed E-state index contributed by atoms with van der Waals surface area (Å²) in [5.41, 5.74) is 2.67. The lowest BCUT2D eigenvalue weighted by molar-refractivity contribution is -0.386. The van der Waals surface area contributed by atoms with Crippen molar-refractivity contribution in [2.24, 2.45) is 5.84 Å². The van der Waals surface area contributed by atoms with Crippen LogP contribution >= 0.6 is 27.5 Å². The first-order valence-corrected chi connectivity index (χ1v) is 6.87. The summed E-state index contributed by atoms with van der Waals surface area (Å²) in [4.78, 5) is 14.6. The number of anilines is 1. The van der Waals surface area contributed by atoms with Crippen molar-refractivity contribution >= 4 is 39.0 Å². The van der Waals surface area contributed by atoms with Gasteiger partial charge in [-0.3, -0.25) is 10.1 Å². The van der Waals surface area contributed by atoms with Crippen LogP contribution in [0.4, 0.5) is 11.5 Å². The number of benzene rings is 1. The highest BCUT2D eigenvalue weighted by molar-refractivity contribution is 9.10. The Morgan fingerprint density at radius 2 is 2.19 bits per heavy atom. The van der Waals surface area contributed by atoms with Crippen molar-refractivity contribution in [1.82, 2.24) is 4.98 Å². The maximum Gasteiger partial charge on any atom is 0.312 e. The topological polar surface area (TPSA) is 103 Å². The maximum atomic E-state index is 11.0. The molecule has 21 heavy (non-hydrogen) atoms. The van der Waals surface area contributed by atoms with Gasteiger partial charge in [0.25, 0.3) is 0 Å². The second kappa shape index (κ2) is 6.70. The first-order chi connectivity index (χ1) is 10.0. The second-order valence-corrected chi connectivity index (χ2v) is 5.25. The monoisotopic (exact) mass is 372 g/mol. The fourth-order valence-corrected chi connectivity index (χ4v) is 2.08. The molecule has 2 aromatic rings. The predicted molar refractivity (Wildman–Crippen MR) is 82.2 cm³/mol. The highest BCUT2D eigenvalue weighted by atomic mass is 79.9. The van der Waals surface area contributed by atoms with Crippen LogP contribution in [0.5, 0.6) is 5.75 Å². The molecule has 0 spiro atoms. The van der Waals surface area contributed by atoms with E-state index in [1.165, 1.54) is 12.1 Å². The molecule has 0 saturated carbocycles. The van der Waals surface area contributed by atoms with Crippen LogP contribution in [0, 0.1) is 10.1 Å². The smallest absolute Gasteiger partial charge is 0.312 e. The number of nitrogens with one attached hydrogen (secondary N) is 1. The molecular formula is C12H10BrClN4O3. The van der Waals surface area contributed by atoms with Crippen LogP contribution < -0.4 is 16.0 Å². The Hall–Kier alpha value is -1.90. The number of nitrogen functional groups attached to an aromatic ring is 1. The molecular weight excluding hydrogens is 364 g/mol. The molecule has 0 atom stereocenters. The molecule has 7 nitrogen and oxygen atoms in total. The lowest BCUT2D eigenvalue weighted by atomic mass is 10.3. The van der Waals surface area contributed by atoms with Gasteiger partial charge in [0.05, 0.1) is 15.6 Å². The van der Waals surface area contributed by atoms with E-state index in [-0.39, 0.29) is 18.0 Å². The van der Waals surface area contributed by atoms with Crippen molar-refractivity contribution in [3.05, 3.63) is 55.6 Å². The van der Waals surface area contributed by atoms with Crippen LogP contribution in [-0.2, 0) is 6.61 Å². The maximum absolute atomic E-state index is 11.0. The largest absolute Gasteiger partial charge is 0.480 e. The summed E-state index contributed by atoms with van der Waals surface area (Å²) in [7, 11) is 0. The van der Waals surface area contributed by atoms with Gasteiger partial charge in [-0.25, -0.2) is 10.8 Å². The molecule has 1 aromatic heterocycles. The third kappa shape index (κ3) is 3.81. The van der Waals surface area contributed by atoms with Crippen LogP contribution in [0.2, 0.25) is 5.02 Å². The highest BCUT2D eigenvalue weighted by Gasteiger charge is 2.16. The number of nitrogens with two attached hydrogens (primary N) is 1. The van der Waals surface area contributed by atoms with Gasteiger partial charge in [-0.1, -0.05) is 27.5 Å². The van der Waals surface area contributed by atoms with E-state index in [9.17, 15) is 10.1 Å². The molecule has 1 heterocycles. The van der Waals surface area contributed by atoms with Crippen molar-refractivity contribution in [2.45, 2.75) is 6.61 Å². The second-order valence-electron chi connectivity index (χ2n) is 3.93. The van der Waals surface area contributed by atoms with Crippen molar-refractivity contribution in [1.29, 1.82) is 0 Å². The first-order valence-electron chi connectivity index (χ1n) is 5.70. The number of aromatic nitrogens is 1. The third-order valence-corrected chi connectivity index (χ3v) is 3.39. The van der Waals surface area contributed by atoms with E-state index in [0.717, 1.165) is 0 Å². The van der Waals surface area contributed by atoms with Gasteiger partial charge in [-0.15, -0.1) is 0 Å². The molecule has 0 saturated heterocycles. The van der Waals surface area contributed by atoms with Crippen molar-refractivity contribution in [2.75, 3.05) is 5.43 Å². The van der Waals surface area contributed by atoms with Crippen LogP contribution in [0.25, 0.3) is 0 Å². The Balaban J connectivity index is 2.22. The summed E-state index contributed by atoms with van der Waals surface area (Å²) < 4.78 is 6.03. The summed E-state index contributed by atoms with van der Waals surface area (Å²) in [6.07, 6.45) is 0. The minimum absolute atomic E-state index is 0.0170. The molecule has 0 bridgehead atoms. The number of hydrogen-bond donors (Lipinski definition) is 2. The Morgan fingerprint density at radius 1 is 1.43 bits per heavy atom. The molecule has 0 radical (unpaired) electrons. The summed E-state index contributed by atoms with van der Waals surface area (Å²) in [6, 6.07) is 7.73. The Bertz CT molecular complexity index is 684. The van der Waals surface area contributed by atoms with Crippen LogP contribution in [-0.4, -0.2) is 9.91 Å². The molecule has 9 heteroatoms. The standard InChI is InChI=1S/C12H10BrClN4O3/c13-7-1-3-11(10(5-7)18(19)20)21-6-9-8(14)2-4-12(16-9)17-15/h1-5H,6,15H2,(H,16,17). The average molecular weight is 374 g/mol. The molecule has 2 rings (SSSR count).